The van der Waals surface area contributed by atoms with E-state index in [1.54, 1.807) is 46.4 Å². The molecule has 0 aliphatic carbocycles. The number of amides is 3. The molecule has 35 heavy (non-hydrogen) atoms. The highest BCUT2D eigenvalue weighted by Crippen LogP contribution is 2.24. The van der Waals surface area contributed by atoms with Gasteiger partial charge in [0, 0.05) is 19.6 Å². The molecule has 1 aromatic rings. The van der Waals surface area contributed by atoms with Crippen LogP contribution < -0.4 is 0 Å². The van der Waals surface area contributed by atoms with Crippen LogP contribution in [0.3, 0.4) is 0 Å². The zero-order valence-electron chi connectivity index (χ0n) is 22.2. The van der Waals surface area contributed by atoms with Crippen molar-refractivity contribution >= 4 is 18.3 Å². The predicted molar refractivity (Wildman–Crippen MR) is 134 cm³/mol. The van der Waals surface area contributed by atoms with Crippen LogP contribution in [-0.2, 0) is 20.8 Å². The minimum absolute atomic E-state index is 0.245. The minimum atomic E-state index is -0.701. The van der Waals surface area contributed by atoms with E-state index in [2.05, 4.69) is 0 Å². The Morgan fingerprint density at radius 2 is 1.43 bits per heavy atom. The molecule has 1 aromatic carbocycles. The zero-order valence-corrected chi connectivity index (χ0v) is 22.2. The number of imide groups is 1. The lowest BCUT2D eigenvalue weighted by Crippen LogP contribution is -2.44. The van der Waals surface area contributed by atoms with Crippen molar-refractivity contribution in [1.29, 1.82) is 0 Å². The Morgan fingerprint density at radius 1 is 0.886 bits per heavy atom. The maximum absolute atomic E-state index is 12.6. The third-order valence-electron chi connectivity index (χ3n) is 5.55. The molecular weight excluding hydrogens is 448 g/mol. The average molecular weight is 491 g/mol. The van der Waals surface area contributed by atoms with Crippen molar-refractivity contribution in [2.75, 3.05) is 19.6 Å². The van der Waals surface area contributed by atoms with Crippen molar-refractivity contribution in [3.05, 3.63) is 35.9 Å². The molecule has 0 bridgehead atoms. The molecule has 1 heterocycles. The zero-order chi connectivity index (χ0) is 26.1. The van der Waals surface area contributed by atoms with Crippen LogP contribution in [0.4, 0.5) is 14.4 Å². The summed E-state index contributed by atoms with van der Waals surface area (Å²) in [5.74, 6) is 0.504. The van der Waals surface area contributed by atoms with Crippen LogP contribution in [0.2, 0.25) is 0 Å². The summed E-state index contributed by atoms with van der Waals surface area (Å²) < 4.78 is 16.2. The molecule has 196 valence electrons. The van der Waals surface area contributed by atoms with Gasteiger partial charge in [-0.1, -0.05) is 43.2 Å². The molecule has 2 rings (SSSR count). The van der Waals surface area contributed by atoms with Gasteiger partial charge in [0.1, 0.15) is 17.8 Å². The van der Waals surface area contributed by atoms with Crippen LogP contribution in [0.1, 0.15) is 79.2 Å². The Labute approximate surface area is 209 Å². The van der Waals surface area contributed by atoms with E-state index in [0.717, 1.165) is 36.1 Å². The molecular formula is C27H42N2O6. The van der Waals surface area contributed by atoms with Gasteiger partial charge in [-0.15, -0.1) is 0 Å². The minimum Gasteiger partial charge on any atom is -0.445 e. The van der Waals surface area contributed by atoms with E-state index in [0.29, 0.717) is 25.4 Å². The summed E-state index contributed by atoms with van der Waals surface area (Å²) in [5, 5.41) is 0. The lowest BCUT2D eigenvalue weighted by Gasteiger charge is -2.31. The summed E-state index contributed by atoms with van der Waals surface area (Å²) in [6.07, 6.45) is 2.71. The largest absolute Gasteiger partial charge is 0.445 e. The standard InChI is InChI=1S/C27H42N2O6/c1-26(2,3)34-24(31)29(25(32)35-27(4,5)6)17-11-10-12-21-15-18-28(19-16-21)23(30)33-20-22-13-8-7-9-14-22/h7-9,13-14,21H,10-12,15-20H2,1-6H3. The third-order valence-corrected chi connectivity index (χ3v) is 5.55. The number of nitrogens with zero attached hydrogens (tertiary/aromatic N) is 2. The first-order chi connectivity index (χ1) is 16.3. The highest BCUT2D eigenvalue weighted by Gasteiger charge is 2.31. The number of unbranched alkanes of at least 4 members (excludes halogenated alkanes) is 1. The molecule has 0 radical (unpaired) electrons. The van der Waals surface area contributed by atoms with Crippen LogP contribution in [0.5, 0.6) is 0 Å². The summed E-state index contributed by atoms with van der Waals surface area (Å²) in [6, 6.07) is 9.66. The Hall–Kier alpha value is -2.77. The molecule has 1 fully saturated rings. The molecule has 3 amide bonds. The highest BCUT2D eigenvalue weighted by molar-refractivity contribution is 5.88. The predicted octanol–water partition coefficient (Wildman–Crippen LogP) is 6.38. The molecule has 0 unspecified atom stereocenters. The van der Waals surface area contributed by atoms with Crippen molar-refractivity contribution < 1.29 is 28.6 Å². The van der Waals surface area contributed by atoms with Crippen LogP contribution >= 0.6 is 0 Å². The number of rotatable bonds is 7. The summed E-state index contributed by atoms with van der Waals surface area (Å²) in [5.41, 5.74) is -0.427. The summed E-state index contributed by atoms with van der Waals surface area (Å²) in [4.78, 5) is 40.3. The van der Waals surface area contributed by atoms with Crippen molar-refractivity contribution in [3.8, 4) is 0 Å². The van der Waals surface area contributed by atoms with Gasteiger partial charge >= 0.3 is 18.3 Å². The average Bonchev–Trinajstić information content (AvgIpc) is 2.76. The van der Waals surface area contributed by atoms with Crippen molar-refractivity contribution in [2.45, 2.75) is 91.5 Å². The maximum Gasteiger partial charge on any atom is 0.419 e. The summed E-state index contributed by atoms with van der Waals surface area (Å²) in [7, 11) is 0. The smallest absolute Gasteiger partial charge is 0.419 e. The van der Waals surface area contributed by atoms with Crippen molar-refractivity contribution in [1.82, 2.24) is 9.80 Å². The van der Waals surface area contributed by atoms with E-state index in [-0.39, 0.29) is 19.2 Å². The number of carbonyl (C=O) groups is 3. The fourth-order valence-electron chi connectivity index (χ4n) is 3.81. The van der Waals surface area contributed by atoms with Gasteiger partial charge in [0.25, 0.3) is 0 Å². The lowest BCUT2D eigenvalue weighted by molar-refractivity contribution is 0.00112. The normalized spacial score (nSPS) is 14.9. The van der Waals surface area contributed by atoms with Gasteiger partial charge in [-0.25, -0.2) is 19.3 Å². The molecule has 1 aliphatic heterocycles. The topological polar surface area (TPSA) is 85.4 Å². The monoisotopic (exact) mass is 490 g/mol. The Bertz CT molecular complexity index is 792. The van der Waals surface area contributed by atoms with E-state index >= 15 is 0 Å². The quantitative estimate of drug-likeness (QED) is 0.326. The molecule has 0 spiro atoms. The Balaban J connectivity index is 1.74. The van der Waals surface area contributed by atoms with Gasteiger partial charge in [-0.3, -0.25) is 0 Å². The molecule has 0 aromatic heterocycles. The maximum atomic E-state index is 12.6. The van der Waals surface area contributed by atoms with E-state index in [1.807, 2.05) is 30.3 Å². The van der Waals surface area contributed by atoms with Gasteiger partial charge in [-0.05, 0) is 72.3 Å². The molecule has 0 atom stereocenters. The third kappa shape index (κ3) is 11.0. The lowest BCUT2D eigenvalue weighted by atomic mass is 9.92. The molecule has 0 N–H and O–H groups in total. The second-order valence-corrected chi connectivity index (χ2v) is 11.1. The van der Waals surface area contributed by atoms with E-state index in [1.165, 1.54) is 0 Å². The summed E-state index contributed by atoms with van der Waals surface area (Å²) >= 11 is 0. The Kier molecular flexibility index (Phi) is 10.4. The summed E-state index contributed by atoms with van der Waals surface area (Å²) in [6.45, 7) is 12.5. The van der Waals surface area contributed by atoms with Gasteiger partial charge in [0.15, 0.2) is 0 Å². The van der Waals surface area contributed by atoms with E-state index in [4.69, 9.17) is 14.2 Å². The second-order valence-electron chi connectivity index (χ2n) is 11.1. The van der Waals surface area contributed by atoms with Crippen LogP contribution in [0.25, 0.3) is 0 Å². The highest BCUT2D eigenvalue weighted by atomic mass is 16.6. The number of benzene rings is 1. The molecule has 1 saturated heterocycles. The van der Waals surface area contributed by atoms with Gasteiger partial charge < -0.3 is 19.1 Å². The van der Waals surface area contributed by atoms with Crippen molar-refractivity contribution in [2.24, 2.45) is 5.92 Å². The second kappa shape index (κ2) is 12.8. The molecule has 0 saturated carbocycles. The number of likely N-dealkylation sites (tertiary alicyclic amines) is 1. The number of hydrogen-bond acceptors (Lipinski definition) is 6. The Morgan fingerprint density at radius 3 is 1.94 bits per heavy atom. The number of hydrogen-bond donors (Lipinski definition) is 0. The first-order valence-corrected chi connectivity index (χ1v) is 12.5. The van der Waals surface area contributed by atoms with Gasteiger partial charge in [0.05, 0.1) is 0 Å². The molecule has 8 nitrogen and oxygen atoms in total. The molecule has 1 aliphatic rings. The fraction of sp³-hybridized carbons (Fsp3) is 0.667. The van der Waals surface area contributed by atoms with Crippen molar-refractivity contribution in [3.63, 3.8) is 0 Å². The molecule has 8 heteroatoms. The first-order valence-electron chi connectivity index (χ1n) is 12.5. The van der Waals surface area contributed by atoms with Crippen LogP contribution in [-0.4, -0.2) is 58.9 Å². The van der Waals surface area contributed by atoms with E-state index < -0.39 is 23.4 Å². The van der Waals surface area contributed by atoms with Gasteiger partial charge in [-0.2, -0.15) is 0 Å². The first kappa shape index (κ1) is 28.5. The van der Waals surface area contributed by atoms with Gasteiger partial charge in [0.2, 0.25) is 0 Å². The fourth-order valence-corrected chi connectivity index (χ4v) is 3.81. The van der Waals surface area contributed by atoms with Crippen LogP contribution in [0.15, 0.2) is 30.3 Å². The number of ether oxygens (including phenoxy) is 3. The van der Waals surface area contributed by atoms with E-state index in [9.17, 15) is 14.4 Å². The number of piperidine rings is 1. The van der Waals surface area contributed by atoms with Crippen LogP contribution in [0, 0.1) is 5.92 Å². The SMILES string of the molecule is CC(C)(C)OC(=O)N(CCCCC1CCN(C(=O)OCc2ccccc2)CC1)C(=O)OC(C)(C)C. The number of carbonyl (C=O) groups excluding carboxylic acids is 3.